The zero-order chi connectivity index (χ0) is 11.0. The highest BCUT2D eigenvalue weighted by atomic mass is 16.8. The summed E-state index contributed by atoms with van der Waals surface area (Å²) in [5, 5.41) is 18.1. The first-order valence-corrected chi connectivity index (χ1v) is 4.91. The Morgan fingerprint density at radius 2 is 1.43 bits per heavy atom. The Morgan fingerprint density at radius 1 is 1.07 bits per heavy atom. The monoisotopic (exact) mass is 204 g/mol. The predicted molar refractivity (Wildman–Crippen MR) is 51.8 cm³/mol. The lowest BCUT2D eigenvalue weighted by atomic mass is 9.87. The molecule has 0 aromatic rings. The van der Waals surface area contributed by atoms with Gasteiger partial charge in [0.1, 0.15) is 12.2 Å². The van der Waals surface area contributed by atoms with Crippen LogP contribution in [0.4, 0.5) is 0 Å². The maximum Gasteiger partial charge on any atom is 0.171 e. The van der Waals surface area contributed by atoms with Gasteiger partial charge in [0.2, 0.25) is 0 Å². The molecule has 1 saturated heterocycles. The second-order valence-electron chi connectivity index (χ2n) is 4.87. The van der Waals surface area contributed by atoms with Crippen LogP contribution in [0.3, 0.4) is 0 Å². The van der Waals surface area contributed by atoms with Crippen molar-refractivity contribution in [3.63, 3.8) is 0 Å². The summed E-state index contributed by atoms with van der Waals surface area (Å²) in [5.74, 6) is -0.742. The highest BCUT2D eigenvalue weighted by Gasteiger charge is 2.50. The summed E-state index contributed by atoms with van der Waals surface area (Å²) in [5.41, 5.74) is -0.190. The van der Waals surface area contributed by atoms with Gasteiger partial charge >= 0.3 is 0 Å². The van der Waals surface area contributed by atoms with Crippen molar-refractivity contribution >= 4 is 0 Å². The van der Waals surface area contributed by atoms with Crippen LogP contribution in [0.25, 0.3) is 0 Å². The van der Waals surface area contributed by atoms with E-state index in [9.17, 15) is 0 Å². The van der Waals surface area contributed by atoms with Crippen LogP contribution in [-0.2, 0) is 9.47 Å². The number of ether oxygens (including phenoxy) is 2. The van der Waals surface area contributed by atoms with Crippen LogP contribution in [-0.4, -0.2) is 41.4 Å². The van der Waals surface area contributed by atoms with E-state index in [1.54, 1.807) is 0 Å². The molecule has 1 rings (SSSR count). The van der Waals surface area contributed by atoms with Crippen LogP contribution >= 0.6 is 0 Å². The molecule has 14 heavy (non-hydrogen) atoms. The van der Waals surface area contributed by atoms with E-state index in [1.807, 2.05) is 27.7 Å². The molecular weight excluding hydrogens is 184 g/mol. The molecule has 2 atom stereocenters. The molecule has 84 valence electrons. The van der Waals surface area contributed by atoms with Gasteiger partial charge in [-0.3, -0.25) is 0 Å². The third-order valence-corrected chi connectivity index (χ3v) is 2.89. The first-order chi connectivity index (χ1) is 6.34. The Labute approximate surface area is 84.8 Å². The first kappa shape index (κ1) is 11.9. The van der Waals surface area contributed by atoms with Crippen molar-refractivity contribution in [1.29, 1.82) is 0 Å². The molecule has 1 aliphatic rings. The van der Waals surface area contributed by atoms with Gasteiger partial charge in [0.25, 0.3) is 0 Å². The standard InChI is InChI=1S/C10H20O4/c1-9(2,3)10(4)13-7(5-11)8(6-12)14-10/h7-8,11-12H,5-6H2,1-4H3. The van der Waals surface area contributed by atoms with Crippen molar-refractivity contribution in [2.45, 2.75) is 45.7 Å². The summed E-state index contributed by atoms with van der Waals surface area (Å²) < 4.78 is 11.3. The Bertz CT molecular complexity index is 185. The first-order valence-electron chi connectivity index (χ1n) is 4.91. The van der Waals surface area contributed by atoms with E-state index in [0.717, 1.165) is 0 Å². The summed E-state index contributed by atoms with van der Waals surface area (Å²) in [4.78, 5) is 0. The highest BCUT2D eigenvalue weighted by Crippen LogP contribution is 2.41. The lowest BCUT2D eigenvalue weighted by Gasteiger charge is -2.36. The van der Waals surface area contributed by atoms with Gasteiger partial charge in [-0.25, -0.2) is 0 Å². The Morgan fingerprint density at radius 3 is 1.64 bits per heavy atom. The van der Waals surface area contributed by atoms with Crippen molar-refractivity contribution in [1.82, 2.24) is 0 Å². The zero-order valence-electron chi connectivity index (χ0n) is 9.28. The normalized spacial score (nSPS) is 39.0. The average Bonchev–Trinajstić information content (AvgIpc) is 2.42. The second-order valence-corrected chi connectivity index (χ2v) is 4.87. The van der Waals surface area contributed by atoms with Crippen LogP contribution in [0.5, 0.6) is 0 Å². The summed E-state index contributed by atoms with van der Waals surface area (Å²) in [6.07, 6.45) is -0.853. The Hall–Kier alpha value is -0.160. The minimum absolute atomic E-state index is 0.128. The Balaban J connectivity index is 2.78. The minimum Gasteiger partial charge on any atom is -0.394 e. The van der Waals surface area contributed by atoms with Gasteiger partial charge < -0.3 is 19.7 Å². The topological polar surface area (TPSA) is 58.9 Å². The van der Waals surface area contributed by atoms with E-state index in [4.69, 9.17) is 19.7 Å². The fraction of sp³-hybridized carbons (Fsp3) is 1.00. The second kappa shape index (κ2) is 3.77. The number of aliphatic hydroxyl groups is 2. The molecule has 2 N–H and O–H groups in total. The van der Waals surface area contributed by atoms with E-state index >= 15 is 0 Å². The molecule has 4 nitrogen and oxygen atoms in total. The van der Waals surface area contributed by atoms with Crippen molar-refractivity contribution in [2.75, 3.05) is 13.2 Å². The van der Waals surface area contributed by atoms with Gasteiger partial charge in [0.05, 0.1) is 13.2 Å². The summed E-state index contributed by atoms with van der Waals surface area (Å²) in [7, 11) is 0. The number of hydrogen-bond donors (Lipinski definition) is 2. The largest absolute Gasteiger partial charge is 0.394 e. The van der Waals surface area contributed by atoms with Crippen molar-refractivity contribution in [3.8, 4) is 0 Å². The molecular formula is C10H20O4. The van der Waals surface area contributed by atoms with Crippen LogP contribution in [0.2, 0.25) is 0 Å². The molecule has 1 fully saturated rings. The van der Waals surface area contributed by atoms with Crippen molar-refractivity contribution in [2.24, 2.45) is 5.41 Å². The van der Waals surface area contributed by atoms with E-state index < -0.39 is 18.0 Å². The molecule has 0 saturated carbocycles. The van der Waals surface area contributed by atoms with Crippen LogP contribution in [0, 0.1) is 5.41 Å². The maximum absolute atomic E-state index is 9.05. The van der Waals surface area contributed by atoms with Gasteiger partial charge in [-0.05, 0) is 6.92 Å². The number of rotatable bonds is 2. The lowest BCUT2D eigenvalue weighted by Crippen LogP contribution is -2.41. The zero-order valence-corrected chi connectivity index (χ0v) is 9.28. The van der Waals surface area contributed by atoms with E-state index in [-0.39, 0.29) is 18.6 Å². The van der Waals surface area contributed by atoms with E-state index in [1.165, 1.54) is 0 Å². The molecule has 0 amide bonds. The number of aliphatic hydroxyl groups excluding tert-OH is 2. The van der Waals surface area contributed by atoms with Crippen molar-refractivity contribution < 1.29 is 19.7 Å². The van der Waals surface area contributed by atoms with Gasteiger partial charge in [-0.15, -0.1) is 0 Å². The molecule has 1 aliphatic heterocycles. The average molecular weight is 204 g/mol. The van der Waals surface area contributed by atoms with Crippen LogP contribution in [0.1, 0.15) is 27.7 Å². The quantitative estimate of drug-likeness (QED) is 0.688. The van der Waals surface area contributed by atoms with E-state index in [0.29, 0.717) is 0 Å². The summed E-state index contributed by atoms with van der Waals surface area (Å²) in [6.45, 7) is 7.59. The molecule has 2 unspecified atom stereocenters. The predicted octanol–water partition coefficient (Wildman–Crippen LogP) is 0.517. The summed E-state index contributed by atoms with van der Waals surface area (Å²) in [6, 6.07) is 0. The molecule has 0 bridgehead atoms. The maximum atomic E-state index is 9.05. The lowest BCUT2D eigenvalue weighted by molar-refractivity contribution is -0.227. The third-order valence-electron chi connectivity index (χ3n) is 2.89. The van der Waals surface area contributed by atoms with Gasteiger partial charge in [0.15, 0.2) is 5.79 Å². The molecule has 0 spiro atoms. The fourth-order valence-electron chi connectivity index (χ4n) is 1.42. The smallest absolute Gasteiger partial charge is 0.171 e. The van der Waals surface area contributed by atoms with Crippen LogP contribution < -0.4 is 0 Å². The molecule has 4 heteroatoms. The Kier molecular flexibility index (Phi) is 3.21. The minimum atomic E-state index is -0.742. The van der Waals surface area contributed by atoms with Gasteiger partial charge in [0, 0.05) is 5.41 Å². The van der Waals surface area contributed by atoms with Crippen molar-refractivity contribution in [3.05, 3.63) is 0 Å². The number of hydrogen-bond acceptors (Lipinski definition) is 4. The molecule has 0 aliphatic carbocycles. The highest BCUT2D eigenvalue weighted by molar-refractivity contribution is 4.90. The molecule has 0 radical (unpaired) electrons. The van der Waals surface area contributed by atoms with Gasteiger partial charge in [-0.1, -0.05) is 20.8 Å². The van der Waals surface area contributed by atoms with Crippen LogP contribution in [0.15, 0.2) is 0 Å². The molecule has 1 heterocycles. The summed E-state index contributed by atoms with van der Waals surface area (Å²) >= 11 is 0. The third kappa shape index (κ3) is 1.93. The fourth-order valence-corrected chi connectivity index (χ4v) is 1.42. The van der Waals surface area contributed by atoms with Gasteiger partial charge in [-0.2, -0.15) is 0 Å². The molecule has 0 aromatic heterocycles. The molecule has 0 aromatic carbocycles. The van der Waals surface area contributed by atoms with E-state index in [2.05, 4.69) is 0 Å². The SMILES string of the molecule is CC(C)(C)C1(C)OC(CO)C(CO)O1.